The molecule has 0 spiro atoms. The third kappa shape index (κ3) is 1.98. The fourth-order valence-electron chi connectivity index (χ4n) is 2.37. The van der Waals surface area contributed by atoms with Gasteiger partial charge in [0.05, 0.1) is 11.8 Å². The van der Waals surface area contributed by atoms with Crippen molar-refractivity contribution in [2.75, 3.05) is 11.9 Å². The van der Waals surface area contributed by atoms with E-state index in [-0.39, 0.29) is 11.8 Å². The summed E-state index contributed by atoms with van der Waals surface area (Å²) in [6.45, 7) is 3.57. The van der Waals surface area contributed by atoms with E-state index in [1.165, 1.54) is 0 Å². The first kappa shape index (κ1) is 12.6. The van der Waals surface area contributed by atoms with E-state index < -0.39 is 11.9 Å². The van der Waals surface area contributed by atoms with Gasteiger partial charge in [0.1, 0.15) is 0 Å². The molecule has 1 N–H and O–H groups in total. The second kappa shape index (κ2) is 4.44. The van der Waals surface area contributed by atoms with Crippen molar-refractivity contribution in [2.24, 2.45) is 5.92 Å². The van der Waals surface area contributed by atoms with E-state index in [2.05, 4.69) is 0 Å². The van der Waals surface area contributed by atoms with Crippen LogP contribution in [0.3, 0.4) is 0 Å². The summed E-state index contributed by atoms with van der Waals surface area (Å²) < 4.78 is 0. The molecule has 2 rings (SSSR count). The zero-order valence-corrected chi connectivity index (χ0v) is 10.8. The van der Waals surface area contributed by atoms with Crippen LogP contribution in [0.1, 0.15) is 30.9 Å². The molecule has 4 nitrogen and oxygen atoms in total. The van der Waals surface area contributed by atoms with E-state index in [0.29, 0.717) is 6.42 Å². The van der Waals surface area contributed by atoms with Gasteiger partial charge in [0.15, 0.2) is 0 Å². The minimum absolute atomic E-state index is 0.0911. The maximum Gasteiger partial charge on any atom is 0.306 e. The lowest BCUT2D eigenvalue weighted by molar-refractivity contribution is -0.141. The average Bonchev–Trinajstić information content (AvgIpc) is 2.54. The number of hydrogen-bond donors (Lipinski definition) is 1. The number of nitrogens with zero attached hydrogens (tertiary/aromatic N) is 1. The molecule has 0 fully saturated rings. The minimum Gasteiger partial charge on any atom is -0.481 e. The van der Waals surface area contributed by atoms with E-state index in [4.69, 9.17) is 5.11 Å². The Morgan fingerprint density at radius 1 is 1.50 bits per heavy atom. The Hall–Kier alpha value is -1.84. The molecule has 2 atom stereocenters. The van der Waals surface area contributed by atoms with Crippen molar-refractivity contribution >= 4 is 17.6 Å². The molecular formula is C14H17NO3. The first-order valence-electron chi connectivity index (χ1n) is 6.05. The molecule has 18 heavy (non-hydrogen) atoms. The topological polar surface area (TPSA) is 57.6 Å². The number of carboxylic acid groups (broad SMARTS) is 1. The number of amides is 1. The highest BCUT2D eigenvalue weighted by Crippen LogP contribution is 2.36. The molecule has 1 aromatic rings. The van der Waals surface area contributed by atoms with Crippen LogP contribution in [0.4, 0.5) is 5.69 Å². The maximum absolute atomic E-state index is 11.8. The fraction of sp³-hybridized carbons (Fsp3) is 0.429. The van der Waals surface area contributed by atoms with Gasteiger partial charge in [-0.1, -0.05) is 19.1 Å². The number of aliphatic carboxylic acids is 1. The Morgan fingerprint density at radius 3 is 2.78 bits per heavy atom. The van der Waals surface area contributed by atoms with Crippen LogP contribution in [0.15, 0.2) is 18.2 Å². The van der Waals surface area contributed by atoms with Crippen molar-refractivity contribution in [3.05, 3.63) is 29.3 Å². The smallest absolute Gasteiger partial charge is 0.306 e. The first-order valence-corrected chi connectivity index (χ1v) is 6.05. The van der Waals surface area contributed by atoms with Gasteiger partial charge in [-0.15, -0.1) is 0 Å². The highest BCUT2D eigenvalue weighted by atomic mass is 16.4. The summed E-state index contributed by atoms with van der Waals surface area (Å²) in [5, 5.41) is 8.91. The van der Waals surface area contributed by atoms with Crippen LogP contribution in [-0.2, 0) is 16.0 Å². The van der Waals surface area contributed by atoms with Gasteiger partial charge >= 0.3 is 5.97 Å². The van der Waals surface area contributed by atoms with Crippen molar-refractivity contribution in [1.82, 2.24) is 0 Å². The Balaban J connectivity index is 2.29. The Labute approximate surface area is 106 Å². The first-order chi connectivity index (χ1) is 8.41. The van der Waals surface area contributed by atoms with E-state index in [1.54, 1.807) is 18.9 Å². The Kier molecular flexibility index (Phi) is 3.11. The number of carboxylic acids is 1. The molecule has 0 radical (unpaired) electrons. The minimum atomic E-state index is -0.795. The second-order valence-electron chi connectivity index (χ2n) is 4.96. The number of carbonyl (C=O) groups is 2. The van der Waals surface area contributed by atoms with Gasteiger partial charge in [-0.3, -0.25) is 9.59 Å². The van der Waals surface area contributed by atoms with Crippen LogP contribution < -0.4 is 4.90 Å². The Bertz CT molecular complexity index is 510. The van der Waals surface area contributed by atoms with E-state index in [9.17, 15) is 9.59 Å². The molecule has 1 amide bonds. The highest BCUT2D eigenvalue weighted by molar-refractivity contribution is 6.04. The van der Waals surface area contributed by atoms with Crippen molar-refractivity contribution in [3.8, 4) is 0 Å². The lowest BCUT2D eigenvalue weighted by atomic mass is 9.95. The van der Waals surface area contributed by atoms with Crippen molar-refractivity contribution in [3.63, 3.8) is 0 Å². The molecule has 2 unspecified atom stereocenters. The van der Waals surface area contributed by atoms with Crippen LogP contribution in [-0.4, -0.2) is 24.0 Å². The second-order valence-corrected chi connectivity index (χ2v) is 4.96. The van der Waals surface area contributed by atoms with Crippen LogP contribution >= 0.6 is 0 Å². The van der Waals surface area contributed by atoms with Crippen LogP contribution in [0, 0.1) is 5.92 Å². The van der Waals surface area contributed by atoms with Gasteiger partial charge in [0.2, 0.25) is 5.91 Å². The summed E-state index contributed by atoms with van der Waals surface area (Å²) in [6, 6.07) is 5.77. The quantitative estimate of drug-likeness (QED) is 0.889. The van der Waals surface area contributed by atoms with Crippen LogP contribution in [0.25, 0.3) is 0 Å². The highest BCUT2D eigenvalue weighted by Gasteiger charge is 2.31. The summed E-state index contributed by atoms with van der Waals surface area (Å²) >= 11 is 0. The normalized spacial score (nSPS) is 19.8. The predicted octanol–water partition coefficient (Wildman–Crippen LogP) is 2.03. The van der Waals surface area contributed by atoms with Crippen molar-refractivity contribution in [2.45, 2.75) is 26.2 Å². The van der Waals surface area contributed by atoms with Crippen LogP contribution in [0.5, 0.6) is 0 Å². The molecule has 0 aliphatic carbocycles. The summed E-state index contributed by atoms with van der Waals surface area (Å²) in [6.07, 6.45) is 0.493. The number of hydrogen-bond acceptors (Lipinski definition) is 2. The summed E-state index contributed by atoms with van der Waals surface area (Å²) in [5.41, 5.74) is 2.90. The largest absolute Gasteiger partial charge is 0.481 e. The Morgan fingerprint density at radius 2 is 2.17 bits per heavy atom. The fourth-order valence-corrected chi connectivity index (χ4v) is 2.37. The zero-order valence-electron chi connectivity index (χ0n) is 10.8. The number of anilines is 1. The van der Waals surface area contributed by atoms with Crippen molar-refractivity contribution < 1.29 is 14.7 Å². The SMILES string of the molecule is CC(Cc1ccc2c(c1)C(C)C(=O)N2C)C(=O)O. The third-order valence-corrected chi connectivity index (χ3v) is 3.58. The molecular weight excluding hydrogens is 230 g/mol. The molecule has 0 bridgehead atoms. The molecule has 1 heterocycles. The number of rotatable bonds is 3. The van der Waals surface area contributed by atoms with E-state index in [1.807, 2.05) is 25.1 Å². The number of benzene rings is 1. The number of likely N-dealkylation sites (N-methyl/N-ethyl adjacent to an activating group) is 1. The van der Waals surface area contributed by atoms with Gasteiger partial charge in [-0.2, -0.15) is 0 Å². The molecule has 4 heteroatoms. The molecule has 0 saturated carbocycles. The molecule has 0 aromatic heterocycles. The summed E-state index contributed by atoms with van der Waals surface area (Å²) in [7, 11) is 1.77. The predicted molar refractivity (Wildman–Crippen MR) is 68.8 cm³/mol. The van der Waals surface area contributed by atoms with Crippen LogP contribution in [0.2, 0.25) is 0 Å². The molecule has 1 aliphatic rings. The van der Waals surface area contributed by atoms with E-state index >= 15 is 0 Å². The lowest BCUT2D eigenvalue weighted by Crippen LogP contribution is -2.22. The average molecular weight is 247 g/mol. The zero-order chi connectivity index (χ0) is 13.4. The number of fused-ring (bicyclic) bond motifs is 1. The van der Waals surface area contributed by atoms with Gasteiger partial charge < -0.3 is 10.0 Å². The standard InChI is InChI=1S/C14H17NO3/c1-8(14(17)18)6-10-4-5-12-11(7-10)9(2)13(16)15(12)3/h4-5,7-9H,6H2,1-3H3,(H,17,18). The summed E-state index contributed by atoms with van der Waals surface area (Å²) in [5.74, 6) is -1.25. The number of carbonyl (C=O) groups excluding carboxylic acids is 1. The maximum atomic E-state index is 11.8. The molecule has 1 aromatic carbocycles. The van der Waals surface area contributed by atoms with Gasteiger partial charge in [-0.25, -0.2) is 0 Å². The van der Waals surface area contributed by atoms with Gasteiger partial charge in [0, 0.05) is 12.7 Å². The molecule has 1 aliphatic heterocycles. The monoisotopic (exact) mass is 247 g/mol. The molecule has 0 saturated heterocycles. The third-order valence-electron chi connectivity index (χ3n) is 3.58. The summed E-state index contributed by atoms with van der Waals surface area (Å²) in [4.78, 5) is 24.3. The van der Waals surface area contributed by atoms with Crippen molar-refractivity contribution in [1.29, 1.82) is 0 Å². The van der Waals surface area contributed by atoms with E-state index in [0.717, 1.165) is 16.8 Å². The van der Waals surface area contributed by atoms with Gasteiger partial charge in [0.25, 0.3) is 0 Å². The van der Waals surface area contributed by atoms with Gasteiger partial charge in [-0.05, 0) is 30.5 Å². The molecule has 96 valence electrons. The lowest BCUT2D eigenvalue weighted by Gasteiger charge is -2.11.